The number of fused-ring (bicyclic) bond motifs is 3. The van der Waals surface area contributed by atoms with Gasteiger partial charge in [0.1, 0.15) is 11.4 Å². The van der Waals surface area contributed by atoms with Crippen LogP contribution in [0.25, 0.3) is 11.1 Å². The van der Waals surface area contributed by atoms with Crippen molar-refractivity contribution in [3.63, 3.8) is 0 Å². The second-order valence-electron chi connectivity index (χ2n) is 7.33. The molecule has 4 nitrogen and oxygen atoms in total. The van der Waals surface area contributed by atoms with E-state index in [0.717, 1.165) is 24.0 Å². The van der Waals surface area contributed by atoms with E-state index >= 15 is 0 Å². The normalized spacial score (nSPS) is 12.0. The van der Waals surface area contributed by atoms with E-state index in [2.05, 4.69) is 9.97 Å². The number of carbonyl (C=O) groups is 2. The summed E-state index contributed by atoms with van der Waals surface area (Å²) in [5.41, 5.74) is 6.43. The third kappa shape index (κ3) is 3.22. The highest BCUT2D eigenvalue weighted by molar-refractivity contribution is 6.09. The Morgan fingerprint density at radius 2 is 1.07 bits per heavy atom. The van der Waals surface area contributed by atoms with Crippen molar-refractivity contribution in [1.82, 2.24) is 9.97 Å². The number of hydrogen-bond donors (Lipinski definition) is 0. The van der Waals surface area contributed by atoms with E-state index in [1.165, 1.54) is 11.1 Å². The van der Waals surface area contributed by atoms with E-state index in [4.69, 9.17) is 0 Å². The third-order valence-electron chi connectivity index (χ3n) is 5.49. The molecular weight excluding hydrogens is 372 g/mol. The van der Waals surface area contributed by atoms with Crippen LogP contribution in [0.4, 0.5) is 0 Å². The number of rotatable bonds is 4. The van der Waals surface area contributed by atoms with Crippen molar-refractivity contribution >= 4 is 11.6 Å². The van der Waals surface area contributed by atoms with Crippen molar-refractivity contribution in [1.29, 1.82) is 0 Å². The molecule has 5 rings (SSSR count). The van der Waals surface area contributed by atoms with E-state index in [1.54, 1.807) is 36.7 Å². The van der Waals surface area contributed by atoms with E-state index in [0.29, 0.717) is 22.5 Å². The number of pyridine rings is 2. The number of hydrogen-bond acceptors (Lipinski definition) is 4. The summed E-state index contributed by atoms with van der Waals surface area (Å²) in [6, 6.07) is 22.3. The minimum Gasteiger partial charge on any atom is -0.287 e. The molecule has 0 saturated heterocycles. The molecule has 1 aliphatic rings. The van der Waals surface area contributed by atoms with Gasteiger partial charge in [-0.25, -0.2) is 0 Å². The van der Waals surface area contributed by atoms with Crippen LogP contribution in [0.5, 0.6) is 0 Å². The Hall–Kier alpha value is -3.92. The lowest BCUT2D eigenvalue weighted by atomic mass is 9.83. The Balaban J connectivity index is 1.57. The summed E-state index contributed by atoms with van der Waals surface area (Å²) in [7, 11) is 0. The molecule has 0 unspecified atom stereocenters. The molecular formula is C26H18N2O2. The maximum atomic E-state index is 12.9. The molecule has 2 aromatic heterocycles. The van der Waals surface area contributed by atoms with Gasteiger partial charge >= 0.3 is 0 Å². The predicted molar refractivity (Wildman–Crippen MR) is 115 cm³/mol. The standard InChI is InChI=1S/C26H18N2O2/c29-25(23-5-1-3-13-27-23)19-11-9-17-7-8-18-10-12-20(16-22(18)21(17)15-19)26(30)24-6-2-4-14-28-24/h1-6,9-16H,7-8H2. The maximum absolute atomic E-state index is 12.9. The summed E-state index contributed by atoms with van der Waals surface area (Å²) < 4.78 is 0. The number of aryl methyl sites for hydroxylation is 2. The van der Waals surface area contributed by atoms with Crippen LogP contribution in [0.15, 0.2) is 85.2 Å². The largest absolute Gasteiger partial charge is 0.287 e. The fraction of sp³-hybridized carbons (Fsp3) is 0.0769. The Labute approximate surface area is 174 Å². The van der Waals surface area contributed by atoms with Gasteiger partial charge in [0, 0.05) is 23.5 Å². The van der Waals surface area contributed by atoms with Crippen LogP contribution >= 0.6 is 0 Å². The molecule has 4 aromatic rings. The first-order chi connectivity index (χ1) is 14.7. The third-order valence-corrected chi connectivity index (χ3v) is 5.49. The van der Waals surface area contributed by atoms with Crippen LogP contribution in [-0.4, -0.2) is 21.5 Å². The summed E-state index contributed by atoms with van der Waals surface area (Å²) in [4.78, 5) is 34.1. The van der Waals surface area contributed by atoms with Gasteiger partial charge in [-0.05, 0) is 71.5 Å². The summed E-state index contributed by atoms with van der Waals surface area (Å²) in [6.45, 7) is 0. The van der Waals surface area contributed by atoms with Gasteiger partial charge < -0.3 is 0 Å². The molecule has 2 aromatic carbocycles. The Morgan fingerprint density at radius 3 is 1.47 bits per heavy atom. The molecule has 2 heterocycles. The van der Waals surface area contributed by atoms with E-state index in [1.807, 2.05) is 48.5 Å². The van der Waals surface area contributed by atoms with Gasteiger partial charge in [-0.2, -0.15) is 0 Å². The molecule has 0 N–H and O–H groups in total. The smallest absolute Gasteiger partial charge is 0.211 e. The van der Waals surface area contributed by atoms with Crippen molar-refractivity contribution in [2.24, 2.45) is 0 Å². The Bertz CT molecular complexity index is 1160. The Morgan fingerprint density at radius 1 is 0.600 bits per heavy atom. The summed E-state index contributed by atoms with van der Waals surface area (Å²) in [5, 5.41) is 0. The summed E-state index contributed by atoms with van der Waals surface area (Å²) >= 11 is 0. The van der Waals surface area contributed by atoms with Crippen LogP contribution in [0.3, 0.4) is 0 Å². The zero-order chi connectivity index (χ0) is 20.5. The first kappa shape index (κ1) is 18.1. The molecule has 4 heteroatoms. The second kappa shape index (κ2) is 7.48. The van der Waals surface area contributed by atoms with Gasteiger partial charge in [-0.3, -0.25) is 19.6 Å². The van der Waals surface area contributed by atoms with Gasteiger partial charge in [0.25, 0.3) is 0 Å². The highest BCUT2D eigenvalue weighted by atomic mass is 16.1. The van der Waals surface area contributed by atoms with Crippen molar-refractivity contribution in [3.05, 3.63) is 119 Å². The van der Waals surface area contributed by atoms with Gasteiger partial charge in [-0.15, -0.1) is 0 Å². The lowest BCUT2D eigenvalue weighted by Crippen LogP contribution is -2.10. The van der Waals surface area contributed by atoms with Crippen molar-refractivity contribution in [2.45, 2.75) is 12.8 Å². The number of ketones is 2. The minimum absolute atomic E-state index is 0.105. The van der Waals surface area contributed by atoms with E-state index < -0.39 is 0 Å². The second-order valence-corrected chi connectivity index (χ2v) is 7.33. The first-order valence-corrected chi connectivity index (χ1v) is 9.88. The van der Waals surface area contributed by atoms with Crippen molar-refractivity contribution < 1.29 is 9.59 Å². The molecule has 0 spiro atoms. The molecule has 0 bridgehead atoms. The van der Waals surface area contributed by atoms with Crippen LogP contribution < -0.4 is 0 Å². The molecule has 0 fully saturated rings. The topological polar surface area (TPSA) is 59.9 Å². The number of aromatic nitrogens is 2. The zero-order valence-electron chi connectivity index (χ0n) is 16.2. The molecule has 30 heavy (non-hydrogen) atoms. The van der Waals surface area contributed by atoms with Gasteiger partial charge in [-0.1, -0.05) is 36.4 Å². The molecule has 0 aliphatic heterocycles. The first-order valence-electron chi connectivity index (χ1n) is 9.88. The zero-order valence-corrected chi connectivity index (χ0v) is 16.2. The summed E-state index contributed by atoms with van der Waals surface area (Å²) in [5.74, 6) is -0.211. The van der Waals surface area contributed by atoms with Crippen molar-refractivity contribution in [3.8, 4) is 11.1 Å². The molecule has 144 valence electrons. The number of nitrogens with zero attached hydrogens (tertiary/aromatic N) is 2. The average molecular weight is 390 g/mol. The molecule has 0 saturated carbocycles. The summed E-state index contributed by atoms with van der Waals surface area (Å²) in [6.07, 6.45) is 5.06. The fourth-order valence-corrected chi connectivity index (χ4v) is 3.93. The quantitative estimate of drug-likeness (QED) is 0.474. The van der Waals surface area contributed by atoms with Gasteiger partial charge in [0.15, 0.2) is 0 Å². The number of benzene rings is 2. The molecule has 0 radical (unpaired) electrons. The van der Waals surface area contributed by atoms with Crippen LogP contribution in [0.2, 0.25) is 0 Å². The van der Waals surface area contributed by atoms with Gasteiger partial charge in [0.2, 0.25) is 11.6 Å². The monoisotopic (exact) mass is 390 g/mol. The van der Waals surface area contributed by atoms with Gasteiger partial charge in [0.05, 0.1) is 0 Å². The molecule has 0 amide bonds. The SMILES string of the molecule is O=C(c1ccc2c(c1)-c1cc(C(=O)c3ccccn3)ccc1CC2)c1ccccn1. The highest BCUT2D eigenvalue weighted by Gasteiger charge is 2.21. The maximum Gasteiger partial charge on any atom is 0.211 e. The number of carbonyl (C=O) groups excluding carboxylic acids is 2. The molecule has 0 atom stereocenters. The lowest BCUT2D eigenvalue weighted by Gasteiger charge is -2.21. The minimum atomic E-state index is -0.105. The Kier molecular flexibility index (Phi) is 4.52. The van der Waals surface area contributed by atoms with E-state index in [9.17, 15) is 9.59 Å². The highest BCUT2D eigenvalue weighted by Crippen LogP contribution is 2.35. The van der Waals surface area contributed by atoms with Crippen LogP contribution in [-0.2, 0) is 12.8 Å². The molecule has 1 aliphatic carbocycles. The van der Waals surface area contributed by atoms with E-state index in [-0.39, 0.29) is 11.6 Å². The fourth-order valence-electron chi connectivity index (χ4n) is 3.93. The lowest BCUT2D eigenvalue weighted by molar-refractivity contribution is 0.102. The van der Waals surface area contributed by atoms with Crippen LogP contribution in [0.1, 0.15) is 43.2 Å². The van der Waals surface area contributed by atoms with Crippen molar-refractivity contribution in [2.75, 3.05) is 0 Å². The van der Waals surface area contributed by atoms with Crippen LogP contribution in [0, 0.1) is 0 Å². The predicted octanol–water partition coefficient (Wildman–Crippen LogP) is 4.70. The average Bonchev–Trinajstić information content (AvgIpc) is 2.83.